The second kappa shape index (κ2) is 9.34. The molecule has 1 aromatic carbocycles. The van der Waals surface area contributed by atoms with Crippen molar-refractivity contribution in [3.8, 4) is 0 Å². The molecule has 0 saturated carbocycles. The van der Waals surface area contributed by atoms with Crippen LogP contribution in [0.5, 0.6) is 0 Å². The van der Waals surface area contributed by atoms with Crippen molar-refractivity contribution in [1.29, 1.82) is 0 Å². The van der Waals surface area contributed by atoms with E-state index in [4.69, 9.17) is 4.74 Å². The molecular weight excluding hydrogens is 380 g/mol. The SMILES string of the molecule is COCCNC(=O)c1ccc2nnc([C@H]3CN(Cc4ccccc4)CCN3C)n2c1. The van der Waals surface area contributed by atoms with Gasteiger partial charge in [0.2, 0.25) is 0 Å². The van der Waals surface area contributed by atoms with Crippen LogP contribution in [0.25, 0.3) is 5.65 Å². The lowest BCUT2D eigenvalue weighted by atomic mass is 10.1. The summed E-state index contributed by atoms with van der Waals surface area (Å²) in [5.41, 5.74) is 2.63. The minimum absolute atomic E-state index is 0.101. The van der Waals surface area contributed by atoms with Crippen molar-refractivity contribution in [2.75, 3.05) is 46.9 Å². The Kier molecular flexibility index (Phi) is 6.37. The van der Waals surface area contributed by atoms with Gasteiger partial charge in [0.1, 0.15) is 0 Å². The third-order valence-corrected chi connectivity index (χ3v) is 5.56. The first-order valence-corrected chi connectivity index (χ1v) is 10.2. The van der Waals surface area contributed by atoms with Crippen LogP contribution in [-0.2, 0) is 11.3 Å². The molecule has 8 heteroatoms. The summed E-state index contributed by atoms with van der Waals surface area (Å²) in [6.07, 6.45) is 1.83. The van der Waals surface area contributed by atoms with Gasteiger partial charge in [0.25, 0.3) is 5.91 Å². The molecule has 0 unspecified atom stereocenters. The fourth-order valence-corrected chi connectivity index (χ4v) is 3.83. The number of ether oxygens (including phenoxy) is 1. The number of rotatable bonds is 7. The molecule has 0 spiro atoms. The second-order valence-corrected chi connectivity index (χ2v) is 7.67. The Morgan fingerprint density at radius 2 is 2.00 bits per heavy atom. The van der Waals surface area contributed by atoms with Gasteiger partial charge in [-0.25, -0.2) is 0 Å². The first-order valence-electron chi connectivity index (χ1n) is 10.2. The highest BCUT2D eigenvalue weighted by Gasteiger charge is 2.29. The fraction of sp³-hybridized carbons (Fsp3) is 0.409. The lowest BCUT2D eigenvalue weighted by Crippen LogP contribution is -2.46. The zero-order valence-electron chi connectivity index (χ0n) is 17.5. The van der Waals surface area contributed by atoms with Gasteiger partial charge in [-0.15, -0.1) is 10.2 Å². The number of fused-ring (bicyclic) bond motifs is 1. The van der Waals surface area contributed by atoms with Gasteiger partial charge in [0, 0.05) is 46.0 Å². The largest absolute Gasteiger partial charge is 0.383 e. The first-order chi connectivity index (χ1) is 14.7. The minimum atomic E-state index is -0.128. The summed E-state index contributed by atoms with van der Waals surface area (Å²) >= 11 is 0. The van der Waals surface area contributed by atoms with Crippen molar-refractivity contribution in [3.05, 3.63) is 65.6 Å². The maximum atomic E-state index is 12.5. The van der Waals surface area contributed by atoms with Crippen LogP contribution < -0.4 is 5.32 Å². The van der Waals surface area contributed by atoms with Gasteiger partial charge in [-0.3, -0.25) is 19.0 Å². The highest BCUT2D eigenvalue weighted by atomic mass is 16.5. The van der Waals surface area contributed by atoms with Gasteiger partial charge in [0.15, 0.2) is 11.5 Å². The molecule has 1 aliphatic heterocycles. The van der Waals surface area contributed by atoms with Crippen molar-refractivity contribution in [2.24, 2.45) is 0 Å². The van der Waals surface area contributed by atoms with Crippen molar-refractivity contribution in [1.82, 2.24) is 29.7 Å². The molecule has 8 nitrogen and oxygen atoms in total. The predicted octanol–water partition coefficient (Wildman–Crippen LogP) is 1.59. The Morgan fingerprint density at radius 1 is 1.17 bits per heavy atom. The van der Waals surface area contributed by atoms with E-state index in [2.05, 4.69) is 56.6 Å². The molecule has 2 aromatic heterocycles. The summed E-state index contributed by atoms with van der Waals surface area (Å²) in [4.78, 5) is 17.2. The number of piperazine rings is 1. The van der Waals surface area contributed by atoms with Gasteiger partial charge in [-0.05, 0) is 24.7 Å². The monoisotopic (exact) mass is 408 g/mol. The molecule has 0 bridgehead atoms. The third-order valence-electron chi connectivity index (χ3n) is 5.56. The second-order valence-electron chi connectivity index (χ2n) is 7.67. The van der Waals surface area contributed by atoms with E-state index in [1.165, 1.54) is 5.56 Å². The number of amides is 1. The number of pyridine rings is 1. The normalized spacial score (nSPS) is 18.0. The summed E-state index contributed by atoms with van der Waals surface area (Å²) in [7, 11) is 3.73. The molecule has 3 aromatic rings. The smallest absolute Gasteiger partial charge is 0.252 e. The summed E-state index contributed by atoms with van der Waals surface area (Å²) in [6, 6.07) is 14.2. The summed E-state index contributed by atoms with van der Waals surface area (Å²) in [5.74, 6) is 0.730. The molecule has 1 atom stereocenters. The van der Waals surface area contributed by atoms with Crippen LogP contribution in [0.15, 0.2) is 48.7 Å². The Bertz CT molecular complexity index is 990. The molecule has 0 aliphatic carbocycles. The van der Waals surface area contributed by atoms with Crippen LogP contribution in [0.2, 0.25) is 0 Å². The van der Waals surface area contributed by atoms with E-state index in [-0.39, 0.29) is 11.9 Å². The molecule has 1 saturated heterocycles. The van der Waals surface area contributed by atoms with Gasteiger partial charge < -0.3 is 10.1 Å². The lowest BCUT2D eigenvalue weighted by molar-refractivity contribution is 0.0852. The average Bonchev–Trinajstić information content (AvgIpc) is 3.19. The van der Waals surface area contributed by atoms with Crippen molar-refractivity contribution >= 4 is 11.6 Å². The maximum Gasteiger partial charge on any atom is 0.252 e. The molecule has 4 rings (SSSR count). The Morgan fingerprint density at radius 3 is 2.80 bits per heavy atom. The number of nitrogens with one attached hydrogen (secondary N) is 1. The highest BCUT2D eigenvalue weighted by Crippen LogP contribution is 2.24. The quantitative estimate of drug-likeness (QED) is 0.599. The number of carbonyl (C=O) groups excluding carboxylic acids is 1. The minimum Gasteiger partial charge on any atom is -0.383 e. The molecule has 1 fully saturated rings. The molecule has 1 amide bonds. The van der Waals surface area contributed by atoms with E-state index in [0.29, 0.717) is 18.7 Å². The number of hydrogen-bond donors (Lipinski definition) is 1. The van der Waals surface area contributed by atoms with Gasteiger partial charge in [-0.1, -0.05) is 30.3 Å². The molecule has 1 aliphatic rings. The molecule has 158 valence electrons. The molecular formula is C22H28N6O2. The van der Waals surface area contributed by atoms with E-state index >= 15 is 0 Å². The van der Waals surface area contributed by atoms with Gasteiger partial charge >= 0.3 is 0 Å². The lowest BCUT2D eigenvalue weighted by Gasteiger charge is -2.38. The fourth-order valence-electron chi connectivity index (χ4n) is 3.83. The van der Waals surface area contributed by atoms with Crippen molar-refractivity contribution in [3.63, 3.8) is 0 Å². The Hall–Kier alpha value is -2.81. The van der Waals surface area contributed by atoms with Crippen molar-refractivity contribution in [2.45, 2.75) is 12.6 Å². The number of methoxy groups -OCH3 is 1. The molecule has 30 heavy (non-hydrogen) atoms. The number of aromatic nitrogens is 3. The van der Waals surface area contributed by atoms with Crippen LogP contribution in [0.4, 0.5) is 0 Å². The van der Waals surface area contributed by atoms with E-state index in [0.717, 1.165) is 37.7 Å². The standard InChI is InChI=1S/C22H28N6O2/c1-26-11-12-27(14-17-6-4-3-5-7-17)16-19(26)21-25-24-20-9-8-18(15-28(20)21)22(29)23-10-13-30-2/h3-9,15,19H,10-14,16H2,1-2H3,(H,23,29)/t19-/m1/s1. The summed E-state index contributed by atoms with van der Waals surface area (Å²) in [5, 5.41) is 11.7. The highest BCUT2D eigenvalue weighted by molar-refractivity contribution is 5.94. The Balaban J connectivity index is 1.54. The molecule has 0 radical (unpaired) electrons. The number of hydrogen-bond acceptors (Lipinski definition) is 6. The average molecular weight is 409 g/mol. The van der Waals surface area contributed by atoms with E-state index in [1.807, 2.05) is 22.7 Å². The zero-order chi connectivity index (χ0) is 20.9. The van der Waals surface area contributed by atoms with E-state index in [1.54, 1.807) is 13.2 Å². The molecule has 1 N–H and O–H groups in total. The topological polar surface area (TPSA) is 75.0 Å². The Labute approximate surface area is 176 Å². The van der Waals surface area contributed by atoms with Crippen molar-refractivity contribution < 1.29 is 9.53 Å². The number of carbonyl (C=O) groups is 1. The zero-order valence-corrected chi connectivity index (χ0v) is 17.5. The molecule has 3 heterocycles. The van der Waals surface area contributed by atoms with E-state index in [9.17, 15) is 4.79 Å². The summed E-state index contributed by atoms with van der Waals surface area (Å²) in [6.45, 7) is 4.68. The number of benzene rings is 1. The van der Waals surface area contributed by atoms with Crippen LogP contribution in [0, 0.1) is 0 Å². The summed E-state index contributed by atoms with van der Waals surface area (Å²) < 4.78 is 6.94. The maximum absolute atomic E-state index is 12.5. The first kappa shape index (κ1) is 20.5. The van der Waals surface area contributed by atoms with Crippen LogP contribution in [-0.4, -0.2) is 77.2 Å². The van der Waals surface area contributed by atoms with Gasteiger partial charge in [-0.2, -0.15) is 0 Å². The van der Waals surface area contributed by atoms with Crippen LogP contribution >= 0.6 is 0 Å². The number of likely N-dealkylation sites (N-methyl/N-ethyl adjacent to an activating group) is 1. The number of nitrogens with zero attached hydrogens (tertiary/aromatic N) is 5. The van der Waals surface area contributed by atoms with E-state index < -0.39 is 0 Å². The predicted molar refractivity (Wildman–Crippen MR) is 114 cm³/mol. The third kappa shape index (κ3) is 4.51. The van der Waals surface area contributed by atoms with Crippen LogP contribution in [0.3, 0.4) is 0 Å². The van der Waals surface area contributed by atoms with Crippen LogP contribution in [0.1, 0.15) is 27.8 Å². The van der Waals surface area contributed by atoms with Gasteiger partial charge in [0.05, 0.1) is 18.2 Å².